The van der Waals surface area contributed by atoms with Gasteiger partial charge in [-0.1, -0.05) is 18.2 Å². The Kier molecular flexibility index (Phi) is 2.87. The monoisotopic (exact) mass is 204 g/mol. The van der Waals surface area contributed by atoms with Crippen molar-refractivity contribution >= 4 is 11.6 Å². The molecule has 0 aromatic heterocycles. The minimum Gasteiger partial charge on any atom is -0.311 e. The number of hydrogen-bond donors (Lipinski definition) is 2. The van der Waals surface area contributed by atoms with E-state index in [2.05, 4.69) is 33.5 Å². The summed E-state index contributed by atoms with van der Waals surface area (Å²) in [6, 6.07) is 8.35. The number of anilines is 1. The molecule has 0 saturated carbocycles. The Hall–Kier alpha value is -1.55. The van der Waals surface area contributed by atoms with Gasteiger partial charge in [0.25, 0.3) is 0 Å². The zero-order valence-corrected chi connectivity index (χ0v) is 8.90. The number of aliphatic imine (C=N–C) groups is 1. The van der Waals surface area contributed by atoms with Crippen molar-refractivity contribution in [2.45, 2.75) is 13.3 Å². The molecule has 1 aliphatic heterocycles. The minimum atomic E-state index is 0.734. The topological polar surface area (TPSA) is 53.6 Å². The Balaban J connectivity index is 2.30. The van der Waals surface area contributed by atoms with E-state index in [0.717, 1.165) is 25.5 Å². The zero-order chi connectivity index (χ0) is 10.7. The molecule has 0 saturated heterocycles. The van der Waals surface area contributed by atoms with Crippen LogP contribution in [0.25, 0.3) is 0 Å². The second-order valence-electron chi connectivity index (χ2n) is 3.47. The molecule has 4 heteroatoms. The lowest BCUT2D eigenvalue weighted by atomic mass is 10.2. The van der Waals surface area contributed by atoms with E-state index >= 15 is 0 Å². The fraction of sp³-hybridized carbons (Fsp3) is 0.364. The average Bonchev–Trinajstić information content (AvgIpc) is 2.70. The molecular weight excluding hydrogens is 188 g/mol. The Morgan fingerprint density at radius 3 is 3.07 bits per heavy atom. The Morgan fingerprint density at radius 1 is 1.53 bits per heavy atom. The van der Waals surface area contributed by atoms with Crippen molar-refractivity contribution in [2.75, 3.05) is 18.0 Å². The second-order valence-corrected chi connectivity index (χ2v) is 3.47. The minimum absolute atomic E-state index is 0.734. The van der Waals surface area contributed by atoms with Gasteiger partial charge in [-0.2, -0.15) is 0 Å². The maximum Gasteiger partial charge on any atom is 0.212 e. The van der Waals surface area contributed by atoms with Crippen LogP contribution in [0, 0.1) is 0 Å². The van der Waals surface area contributed by atoms with Crippen LogP contribution in [0.3, 0.4) is 0 Å². The number of nitrogens with one attached hydrogen (secondary N) is 1. The molecule has 0 amide bonds. The predicted octanol–water partition coefficient (Wildman–Crippen LogP) is 0.888. The number of hydrazine groups is 1. The number of rotatable bonds is 1. The molecule has 4 nitrogen and oxygen atoms in total. The summed E-state index contributed by atoms with van der Waals surface area (Å²) < 4.78 is 0. The van der Waals surface area contributed by atoms with Crippen molar-refractivity contribution in [3.05, 3.63) is 29.8 Å². The van der Waals surface area contributed by atoms with Gasteiger partial charge in [0.05, 0.1) is 0 Å². The van der Waals surface area contributed by atoms with Gasteiger partial charge in [-0.25, -0.2) is 5.84 Å². The molecule has 1 heterocycles. The summed E-state index contributed by atoms with van der Waals surface area (Å²) in [6.45, 7) is 3.68. The van der Waals surface area contributed by atoms with Gasteiger partial charge in [-0.15, -0.1) is 0 Å². The Morgan fingerprint density at radius 2 is 2.33 bits per heavy atom. The van der Waals surface area contributed by atoms with Crippen LogP contribution in [-0.4, -0.2) is 19.0 Å². The highest BCUT2D eigenvalue weighted by Crippen LogP contribution is 2.27. The first-order valence-electron chi connectivity index (χ1n) is 5.23. The lowest BCUT2D eigenvalue weighted by molar-refractivity contribution is 0.911. The molecule has 80 valence electrons. The van der Waals surface area contributed by atoms with E-state index in [9.17, 15) is 0 Å². The summed E-state index contributed by atoms with van der Waals surface area (Å²) in [4.78, 5) is 6.45. The van der Waals surface area contributed by atoms with Crippen LogP contribution in [0.15, 0.2) is 29.3 Å². The van der Waals surface area contributed by atoms with E-state index in [1.807, 2.05) is 13.0 Å². The van der Waals surface area contributed by atoms with E-state index < -0.39 is 0 Å². The summed E-state index contributed by atoms with van der Waals surface area (Å²) >= 11 is 0. The van der Waals surface area contributed by atoms with Crippen molar-refractivity contribution in [1.29, 1.82) is 0 Å². The van der Waals surface area contributed by atoms with Crippen molar-refractivity contribution in [3.8, 4) is 0 Å². The fourth-order valence-electron chi connectivity index (χ4n) is 1.92. The SMILES string of the molecule is CCN=C(NN)N1CCc2ccccc21. The first-order chi connectivity index (χ1) is 7.36. The standard InChI is InChI=1S/C11H16N4/c1-2-13-11(14-12)15-8-7-9-5-3-4-6-10(9)15/h3-6H,2,7-8,12H2,1H3,(H,13,14). The Bertz CT molecular complexity index is 373. The molecule has 0 unspecified atom stereocenters. The third-order valence-corrected chi connectivity index (χ3v) is 2.58. The van der Waals surface area contributed by atoms with Crippen LogP contribution in [0.2, 0.25) is 0 Å². The summed E-state index contributed by atoms with van der Waals surface area (Å²) in [6.07, 6.45) is 1.06. The molecule has 0 bridgehead atoms. The van der Waals surface area contributed by atoms with Crippen molar-refractivity contribution in [1.82, 2.24) is 5.43 Å². The molecule has 0 radical (unpaired) electrons. The molecule has 1 aromatic rings. The van der Waals surface area contributed by atoms with Crippen LogP contribution < -0.4 is 16.2 Å². The van der Waals surface area contributed by atoms with Crippen LogP contribution >= 0.6 is 0 Å². The summed E-state index contributed by atoms with van der Waals surface area (Å²) in [7, 11) is 0. The normalized spacial score (nSPS) is 15.3. The summed E-state index contributed by atoms with van der Waals surface area (Å²) in [5.41, 5.74) is 5.23. The van der Waals surface area contributed by atoms with E-state index in [1.165, 1.54) is 11.3 Å². The number of para-hydroxylation sites is 1. The lowest BCUT2D eigenvalue weighted by Gasteiger charge is -2.20. The third kappa shape index (κ3) is 1.80. The zero-order valence-electron chi connectivity index (χ0n) is 8.90. The summed E-state index contributed by atoms with van der Waals surface area (Å²) in [5, 5.41) is 0. The third-order valence-electron chi connectivity index (χ3n) is 2.58. The highest BCUT2D eigenvalue weighted by molar-refractivity contribution is 5.97. The van der Waals surface area contributed by atoms with Gasteiger partial charge < -0.3 is 4.90 Å². The van der Waals surface area contributed by atoms with E-state index in [1.54, 1.807) is 0 Å². The Labute approximate surface area is 89.8 Å². The molecule has 3 N–H and O–H groups in total. The van der Waals surface area contributed by atoms with E-state index in [0.29, 0.717) is 0 Å². The fourth-order valence-corrected chi connectivity index (χ4v) is 1.92. The van der Waals surface area contributed by atoms with E-state index in [4.69, 9.17) is 5.84 Å². The van der Waals surface area contributed by atoms with E-state index in [-0.39, 0.29) is 0 Å². The van der Waals surface area contributed by atoms with Crippen molar-refractivity contribution in [3.63, 3.8) is 0 Å². The van der Waals surface area contributed by atoms with Gasteiger partial charge in [0.15, 0.2) is 0 Å². The largest absolute Gasteiger partial charge is 0.311 e. The predicted molar refractivity (Wildman–Crippen MR) is 62.8 cm³/mol. The maximum absolute atomic E-state index is 5.47. The second kappa shape index (κ2) is 4.31. The van der Waals surface area contributed by atoms with Gasteiger partial charge in [-0.05, 0) is 25.0 Å². The van der Waals surface area contributed by atoms with Crippen LogP contribution in [0.5, 0.6) is 0 Å². The number of benzene rings is 1. The van der Waals surface area contributed by atoms with Gasteiger partial charge in [0.1, 0.15) is 0 Å². The number of nitrogens with two attached hydrogens (primary N) is 1. The maximum atomic E-state index is 5.47. The average molecular weight is 204 g/mol. The van der Waals surface area contributed by atoms with Crippen LogP contribution in [0.4, 0.5) is 5.69 Å². The molecule has 1 aromatic carbocycles. The van der Waals surface area contributed by atoms with Gasteiger partial charge in [0, 0.05) is 18.8 Å². The first-order valence-corrected chi connectivity index (χ1v) is 5.23. The smallest absolute Gasteiger partial charge is 0.212 e. The molecule has 2 rings (SSSR count). The van der Waals surface area contributed by atoms with Gasteiger partial charge >= 0.3 is 0 Å². The quantitative estimate of drug-likeness (QED) is 0.309. The number of guanidine groups is 1. The molecule has 1 aliphatic rings. The molecular formula is C11H16N4. The number of hydrogen-bond acceptors (Lipinski definition) is 2. The first kappa shape index (κ1) is 9.98. The molecule has 0 aliphatic carbocycles. The van der Waals surface area contributed by atoms with Gasteiger partial charge in [-0.3, -0.25) is 10.4 Å². The van der Waals surface area contributed by atoms with Gasteiger partial charge in [0.2, 0.25) is 5.96 Å². The number of fused-ring (bicyclic) bond motifs is 1. The molecule has 0 fully saturated rings. The van der Waals surface area contributed by atoms with Crippen LogP contribution in [-0.2, 0) is 6.42 Å². The highest BCUT2D eigenvalue weighted by atomic mass is 15.4. The van der Waals surface area contributed by atoms with Crippen molar-refractivity contribution < 1.29 is 0 Å². The van der Waals surface area contributed by atoms with Crippen LogP contribution in [0.1, 0.15) is 12.5 Å². The van der Waals surface area contributed by atoms with Crippen molar-refractivity contribution in [2.24, 2.45) is 10.8 Å². The molecule has 0 spiro atoms. The lowest BCUT2D eigenvalue weighted by Crippen LogP contribution is -2.44. The highest BCUT2D eigenvalue weighted by Gasteiger charge is 2.21. The number of nitrogens with zero attached hydrogens (tertiary/aromatic N) is 2. The molecule has 0 atom stereocenters. The summed E-state index contributed by atoms with van der Waals surface area (Å²) in [5.74, 6) is 6.23. The molecule has 15 heavy (non-hydrogen) atoms.